The second kappa shape index (κ2) is 7.07. The number of amides is 1. The van der Waals surface area contributed by atoms with Gasteiger partial charge in [-0.25, -0.2) is 4.79 Å². The monoisotopic (exact) mass is 383 g/mol. The van der Waals surface area contributed by atoms with Crippen LogP contribution in [0.15, 0.2) is 24.3 Å². The first-order valence-electron chi connectivity index (χ1n) is 10.7. The number of rotatable bonds is 2. The highest BCUT2D eigenvalue weighted by atomic mass is 16.5. The highest BCUT2D eigenvalue weighted by Gasteiger charge is 2.49. The van der Waals surface area contributed by atoms with Crippen LogP contribution in [0, 0.1) is 11.8 Å². The fourth-order valence-corrected chi connectivity index (χ4v) is 6.06. The number of nitrogen functional groups attached to an aromatic ring is 1. The zero-order valence-electron chi connectivity index (χ0n) is 16.3. The van der Waals surface area contributed by atoms with Crippen LogP contribution in [0.5, 0.6) is 0 Å². The van der Waals surface area contributed by atoms with E-state index in [4.69, 9.17) is 10.5 Å². The number of ether oxygens (including phenoxy) is 1. The molecule has 2 bridgehead atoms. The number of piperidine rings is 4. The summed E-state index contributed by atoms with van der Waals surface area (Å²) in [5, 5.41) is 0. The first-order chi connectivity index (χ1) is 13.6. The van der Waals surface area contributed by atoms with E-state index < -0.39 is 0 Å². The van der Waals surface area contributed by atoms with E-state index in [1.165, 1.54) is 12.8 Å². The molecule has 1 aromatic carbocycles. The normalized spacial score (nSPS) is 35.1. The number of nitrogens with zero attached hydrogens (tertiary/aromatic N) is 2. The number of carbonyl (C=O) groups excluding carboxylic acids is 2. The molecule has 1 aromatic rings. The first kappa shape index (κ1) is 18.0. The van der Waals surface area contributed by atoms with Gasteiger partial charge in [0.25, 0.3) is 0 Å². The summed E-state index contributed by atoms with van der Waals surface area (Å²) in [5.41, 5.74) is 6.85. The van der Waals surface area contributed by atoms with E-state index in [0.29, 0.717) is 47.5 Å². The van der Waals surface area contributed by atoms with Gasteiger partial charge in [-0.05, 0) is 49.7 Å². The van der Waals surface area contributed by atoms with Crippen molar-refractivity contribution in [3.05, 3.63) is 29.8 Å². The Hall–Kier alpha value is -2.08. The van der Waals surface area contributed by atoms with Crippen molar-refractivity contribution in [2.75, 3.05) is 25.4 Å². The third-order valence-corrected chi connectivity index (χ3v) is 7.37. The Labute approximate surface area is 166 Å². The lowest BCUT2D eigenvalue weighted by Gasteiger charge is -2.57. The molecule has 0 radical (unpaired) electrons. The maximum atomic E-state index is 12.6. The van der Waals surface area contributed by atoms with E-state index in [2.05, 4.69) is 9.80 Å². The van der Waals surface area contributed by atoms with Crippen LogP contribution in [0.25, 0.3) is 0 Å². The topological polar surface area (TPSA) is 75.9 Å². The summed E-state index contributed by atoms with van der Waals surface area (Å²) in [4.78, 5) is 29.8. The van der Waals surface area contributed by atoms with Crippen molar-refractivity contribution < 1.29 is 14.3 Å². The maximum Gasteiger partial charge on any atom is 0.340 e. The maximum absolute atomic E-state index is 12.6. The molecule has 0 aromatic heterocycles. The van der Waals surface area contributed by atoms with Crippen molar-refractivity contribution in [2.24, 2.45) is 11.8 Å². The van der Waals surface area contributed by atoms with Crippen molar-refractivity contribution >= 4 is 17.6 Å². The number of benzene rings is 1. The summed E-state index contributed by atoms with van der Waals surface area (Å²) in [6.07, 6.45) is 5.81. The molecule has 1 amide bonds. The van der Waals surface area contributed by atoms with Crippen molar-refractivity contribution in [1.82, 2.24) is 9.80 Å². The van der Waals surface area contributed by atoms with Gasteiger partial charge in [0.1, 0.15) is 6.10 Å². The van der Waals surface area contributed by atoms with E-state index in [1.807, 2.05) is 12.1 Å². The molecule has 0 aliphatic carbocycles. The summed E-state index contributed by atoms with van der Waals surface area (Å²) in [5.74, 6) is 1.14. The van der Waals surface area contributed by atoms with Crippen LogP contribution < -0.4 is 5.73 Å². The van der Waals surface area contributed by atoms with Crippen LogP contribution in [-0.4, -0.2) is 59.5 Å². The molecule has 0 saturated carbocycles. The smallest absolute Gasteiger partial charge is 0.340 e. The molecule has 4 aliphatic rings. The predicted octanol–water partition coefficient (Wildman–Crippen LogP) is 2.29. The number of hydrogen-bond acceptors (Lipinski definition) is 5. The zero-order chi connectivity index (χ0) is 19.3. The molecule has 4 aliphatic heterocycles. The molecule has 6 nitrogen and oxygen atoms in total. The number of carbonyl (C=O) groups is 2. The van der Waals surface area contributed by atoms with Gasteiger partial charge in [0, 0.05) is 50.2 Å². The third kappa shape index (κ3) is 3.08. The molecule has 28 heavy (non-hydrogen) atoms. The first-order valence-corrected chi connectivity index (χ1v) is 10.7. The summed E-state index contributed by atoms with van der Waals surface area (Å²) in [7, 11) is 0. The Balaban J connectivity index is 1.27. The molecular weight excluding hydrogens is 354 g/mol. The molecule has 4 saturated heterocycles. The third-order valence-electron chi connectivity index (χ3n) is 7.37. The van der Waals surface area contributed by atoms with Gasteiger partial charge in [0.15, 0.2) is 0 Å². The van der Waals surface area contributed by atoms with Gasteiger partial charge >= 0.3 is 5.97 Å². The SMILES string of the molecule is Nc1ccccc1C(=O)OC1CCN2CC3CC(CN4C(=O)CCCC34)C2C1. The molecule has 5 unspecified atom stereocenters. The summed E-state index contributed by atoms with van der Waals surface area (Å²) in [6.45, 7) is 2.94. The zero-order valence-corrected chi connectivity index (χ0v) is 16.3. The minimum atomic E-state index is -0.319. The minimum Gasteiger partial charge on any atom is -0.459 e. The minimum absolute atomic E-state index is 0.0697. The number of esters is 1. The van der Waals surface area contributed by atoms with Crippen molar-refractivity contribution in [2.45, 2.75) is 56.7 Å². The molecule has 4 heterocycles. The summed E-state index contributed by atoms with van der Waals surface area (Å²) in [6, 6.07) is 7.95. The van der Waals surface area contributed by atoms with Crippen molar-refractivity contribution in [3.8, 4) is 0 Å². The van der Waals surface area contributed by atoms with Gasteiger partial charge in [-0.3, -0.25) is 9.69 Å². The van der Waals surface area contributed by atoms with Crippen LogP contribution in [-0.2, 0) is 9.53 Å². The van der Waals surface area contributed by atoms with Crippen LogP contribution >= 0.6 is 0 Å². The lowest BCUT2D eigenvalue weighted by molar-refractivity contribution is -0.150. The van der Waals surface area contributed by atoms with E-state index in [0.717, 1.165) is 38.9 Å². The molecule has 150 valence electrons. The quantitative estimate of drug-likeness (QED) is 0.626. The summed E-state index contributed by atoms with van der Waals surface area (Å²) >= 11 is 0. The molecule has 5 atom stereocenters. The predicted molar refractivity (Wildman–Crippen MR) is 106 cm³/mol. The van der Waals surface area contributed by atoms with Gasteiger partial charge in [0.2, 0.25) is 5.91 Å². The number of para-hydroxylation sites is 1. The molecular formula is C22H29N3O3. The van der Waals surface area contributed by atoms with E-state index in [9.17, 15) is 9.59 Å². The van der Waals surface area contributed by atoms with Gasteiger partial charge in [-0.2, -0.15) is 0 Å². The average molecular weight is 383 g/mol. The molecule has 5 rings (SSSR count). The van der Waals surface area contributed by atoms with Gasteiger partial charge in [-0.15, -0.1) is 0 Å². The van der Waals surface area contributed by atoms with E-state index in [1.54, 1.807) is 12.1 Å². The molecule has 0 spiro atoms. The average Bonchev–Trinajstić information content (AvgIpc) is 2.70. The number of fused-ring (bicyclic) bond motifs is 6. The van der Waals surface area contributed by atoms with E-state index in [-0.39, 0.29) is 12.1 Å². The van der Waals surface area contributed by atoms with Crippen LogP contribution in [0.1, 0.15) is 48.9 Å². The number of hydrogen-bond donors (Lipinski definition) is 1. The second-order valence-electron chi connectivity index (χ2n) is 8.96. The Morgan fingerprint density at radius 1 is 1.07 bits per heavy atom. The molecule has 2 N–H and O–H groups in total. The van der Waals surface area contributed by atoms with Crippen molar-refractivity contribution in [3.63, 3.8) is 0 Å². The fourth-order valence-electron chi connectivity index (χ4n) is 6.06. The number of nitrogens with two attached hydrogens (primary N) is 1. The number of anilines is 1. The largest absolute Gasteiger partial charge is 0.459 e. The Morgan fingerprint density at radius 3 is 2.75 bits per heavy atom. The highest BCUT2D eigenvalue weighted by molar-refractivity contribution is 5.95. The molecule has 6 heteroatoms. The van der Waals surface area contributed by atoms with Gasteiger partial charge in [-0.1, -0.05) is 12.1 Å². The van der Waals surface area contributed by atoms with E-state index >= 15 is 0 Å². The lowest BCUT2D eigenvalue weighted by atomic mass is 9.70. The Kier molecular flexibility index (Phi) is 4.54. The highest BCUT2D eigenvalue weighted by Crippen LogP contribution is 2.43. The lowest BCUT2D eigenvalue weighted by Crippen LogP contribution is -2.65. The van der Waals surface area contributed by atoms with Crippen LogP contribution in [0.3, 0.4) is 0 Å². The second-order valence-corrected chi connectivity index (χ2v) is 8.96. The fraction of sp³-hybridized carbons (Fsp3) is 0.636. The standard InChI is InChI=1S/C22H29N3O3/c23-18-5-2-1-4-17(18)22(27)28-16-8-9-24-12-14-10-15(20(24)11-16)13-25-19(14)6-3-7-21(25)26/h1-2,4-5,14-16,19-20H,3,6-13,23H2. The Morgan fingerprint density at radius 2 is 1.89 bits per heavy atom. The van der Waals surface area contributed by atoms with Crippen LogP contribution in [0.4, 0.5) is 5.69 Å². The van der Waals surface area contributed by atoms with Gasteiger partial charge in [0.05, 0.1) is 5.56 Å². The van der Waals surface area contributed by atoms with Crippen LogP contribution in [0.2, 0.25) is 0 Å². The summed E-state index contributed by atoms with van der Waals surface area (Å²) < 4.78 is 5.85. The Bertz CT molecular complexity index is 782. The van der Waals surface area contributed by atoms with Gasteiger partial charge < -0.3 is 15.4 Å². The molecule has 4 fully saturated rings. The van der Waals surface area contributed by atoms with Crippen molar-refractivity contribution in [1.29, 1.82) is 0 Å².